The highest BCUT2D eigenvalue weighted by Crippen LogP contribution is 2.41. The van der Waals surface area contributed by atoms with Crippen LogP contribution < -0.4 is 0 Å². The molecule has 48 heavy (non-hydrogen) atoms. The molecule has 0 aliphatic heterocycles. The molecule has 0 spiro atoms. The molecule has 0 unspecified atom stereocenters. The van der Waals surface area contributed by atoms with Crippen LogP contribution in [0.5, 0.6) is 11.5 Å². The van der Waals surface area contributed by atoms with Gasteiger partial charge in [0.15, 0.2) is 0 Å². The Balaban J connectivity index is 1.43. The Morgan fingerprint density at radius 1 is 0.542 bits per heavy atom. The Hall–Kier alpha value is -3.02. The van der Waals surface area contributed by atoms with Crippen molar-refractivity contribution in [1.29, 1.82) is 0 Å². The standard InChI is InChI=1S/C42H64O6/c1-39(2,3)31-21-29(22-32(37(31)45)40(4,5)6)17-19-35(43)47-25-27-13-15-28(16-14-27)26-48-36(44)20-18-30-23-33(41(7,8)9)38(46)34(24-30)42(10,11)12/h21-24,27-28,45-46H,13-20,25-26H2,1-12H3. The molecule has 2 aromatic rings. The van der Waals surface area contributed by atoms with E-state index in [0.29, 0.717) is 62.2 Å². The highest BCUT2D eigenvalue weighted by Gasteiger charge is 2.29. The second-order valence-corrected chi connectivity index (χ2v) is 18.3. The third-order valence-corrected chi connectivity index (χ3v) is 9.73. The Labute approximate surface area is 291 Å². The fraction of sp³-hybridized carbons (Fsp3) is 0.667. The summed E-state index contributed by atoms with van der Waals surface area (Å²) in [7, 11) is 0. The largest absolute Gasteiger partial charge is 0.507 e. The van der Waals surface area contributed by atoms with Crippen molar-refractivity contribution in [1.82, 2.24) is 0 Å². The third kappa shape index (κ3) is 11.0. The molecule has 0 atom stereocenters. The lowest BCUT2D eigenvalue weighted by atomic mass is 9.78. The van der Waals surface area contributed by atoms with Crippen LogP contribution in [-0.2, 0) is 53.6 Å². The van der Waals surface area contributed by atoms with Gasteiger partial charge in [0.2, 0.25) is 0 Å². The maximum Gasteiger partial charge on any atom is 0.306 e. The van der Waals surface area contributed by atoms with Gasteiger partial charge in [0.1, 0.15) is 11.5 Å². The monoisotopic (exact) mass is 664 g/mol. The van der Waals surface area contributed by atoms with Crippen LogP contribution in [0.3, 0.4) is 0 Å². The van der Waals surface area contributed by atoms with Gasteiger partial charge in [-0.1, -0.05) is 107 Å². The first-order valence-electron chi connectivity index (χ1n) is 18.0. The van der Waals surface area contributed by atoms with Gasteiger partial charge in [-0.15, -0.1) is 0 Å². The molecule has 0 radical (unpaired) electrons. The van der Waals surface area contributed by atoms with Gasteiger partial charge in [-0.2, -0.15) is 0 Å². The number of phenols is 2. The average molecular weight is 665 g/mol. The summed E-state index contributed by atoms with van der Waals surface area (Å²) in [6.07, 6.45) is 5.58. The van der Waals surface area contributed by atoms with Crippen molar-refractivity contribution in [2.75, 3.05) is 13.2 Å². The molecule has 1 aliphatic rings. The molecule has 268 valence electrons. The number of hydrogen-bond acceptors (Lipinski definition) is 6. The number of phenolic OH excluding ortho intramolecular Hbond substituents is 2. The number of carbonyl (C=O) groups is 2. The first-order valence-corrected chi connectivity index (χ1v) is 18.0. The summed E-state index contributed by atoms with van der Waals surface area (Å²) in [5.41, 5.74) is 4.87. The minimum Gasteiger partial charge on any atom is -0.507 e. The number of benzene rings is 2. The van der Waals surface area contributed by atoms with Crippen LogP contribution in [0.2, 0.25) is 0 Å². The van der Waals surface area contributed by atoms with Crippen LogP contribution in [0.1, 0.15) is 155 Å². The lowest BCUT2D eigenvalue weighted by Crippen LogP contribution is -2.24. The van der Waals surface area contributed by atoms with Crippen LogP contribution in [0, 0.1) is 11.8 Å². The van der Waals surface area contributed by atoms with E-state index >= 15 is 0 Å². The van der Waals surface area contributed by atoms with Gasteiger partial charge in [0.05, 0.1) is 13.2 Å². The molecular formula is C42H64O6. The van der Waals surface area contributed by atoms with Crippen LogP contribution in [0.4, 0.5) is 0 Å². The zero-order valence-corrected chi connectivity index (χ0v) is 32.1. The third-order valence-electron chi connectivity index (χ3n) is 9.73. The van der Waals surface area contributed by atoms with Gasteiger partial charge < -0.3 is 19.7 Å². The van der Waals surface area contributed by atoms with E-state index in [1.165, 1.54) is 0 Å². The number of ether oxygens (including phenoxy) is 2. The van der Waals surface area contributed by atoms with Crippen molar-refractivity contribution in [3.63, 3.8) is 0 Å². The van der Waals surface area contributed by atoms with Crippen molar-refractivity contribution in [3.05, 3.63) is 57.6 Å². The lowest BCUT2D eigenvalue weighted by molar-refractivity contribution is -0.147. The summed E-state index contributed by atoms with van der Waals surface area (Å²) in [5.74, 6) is 0.991. The van der Waals surface area contributed by atoms with Gasteiger partial charge in [-0.05, 0) is 105 Å². The number of hydrogen-bond donors (Lipinski definition) is 2. The van der Waals surface area contributed by atoms with Crippen LogP contribution in [-0.4, -0.2) is 35.4 Å². The van der Waals surface area contributed by atoms with Crippen molar-refractivity contribution in [3.8, 4) is 11.5 Å². The minimum atomic E-state index is -0.210. The van der Waals surface area contributed by atoms with Crippen LogP contribution in [0.25, 0.3) is 0 Å². The smallest absolute Gasteiger partial charge is 0.306 e. The predicted octanol–water partition coefficient (Wildman–Crippen LogP) is 9.75. The molecular weight excluding hydrogens is 600 g/mol. The Morgan fingerprint density at radius 2 is 0.792 bits per heavy atom. The summed E-state index contributed by atoms with van der Waals surface area (Å²) < 4.78 is 11.4. The van der Waals surface area contributed by atoms with Crippen LogP contribution in [0.15, 0.2) is 24.3 Å². The Bertz CT molecular complexity index is 1240. The van der Waals surface area contributed by atoms with Gasteiger partial charge >= 0.3 is 11.9 Å². The van der Waals surface area contributed by atoms with Gasteiger partial charge in [0, 0.05) is 12.8 Å². The zero-order valence-electron chi connectivity index (χ0n) is 32.1. The predicted molar refractivity (Wildman–Crippen MR) is 195 cm³/mol. The molecule has 1 saturated carbocycles. The molecule has 2 aromatic carbocycles. The van der Waals surface area contributed by atoms with E-state index in [1.807, 2.05) is 24.3 Å². The molecule has 1 aliphatic carbocycles. The van der Waals surface area contributed by atoms with E-state index in [-0.39, 0.29) is 33.6 Å². The van der Waals surface area contributed by atoms with Gasteiger partial charge in [-0.25, -0.2) is 0 Å². The molecule has 6 nitrogen and oxygen atoms in total. The average Bonchev–Trinajstić information content (AvgIpc) is 2.96. The Morgan fingerprint density at radius 3 is 1.02 bits per heavy atom. The molecule has 2 N–H and O–H groups in total. The van der Waals surface area contributed by atoms with Crippen LogP contribution >= 0.6 is 0 Å². The quantitative estimate of drug-likeness (QED) is 0.246. The van der Waals surface area contributed by atoms with Crippen molar-refractivity contribution < 1.29 is 29.3 Å². The molecule has 1 fully saturated rings. The molecule has 0 amide bonds. The molecule has 0 bridgehead atoms. The molecule has 0 heterocycles. The van der Waals surface area contributed by atoms with Gasteiger partial charge in [0.25, 0.3) is 0 Å². The normalized spacial score (nSPS) is 17.7. The number of esters is 2. The second-order valence-electron chi connectivity index (χ2n) is 18.3. The zero-order chi connectivity index (χ0) is 36.2. The second kappa shape index (κ2) is 15.3. The fourth-order valence-corrected chi connectivity index (χ4v) is 6.59. The molecule has 3 rings (SSSR count). The lowest BCUT2D eigenvalue weighted by Gasteiger charge is -2.28. The van der Waals surface area contributed by atoms with E-state index in [4.69, 9.17) is 9.47 Å². The fourth-order valence-electron chi connectivity index (χ4n) is 6.59. The first kappa shape index (κ1) is 39.4. The van der Waals surface area contributed by atoms with E-state index in [9.17, 15) is 19.8 Å². The molecule has 6 heteroatoms. The van der Waals surface area contributed by atoms with Crippen molar-refractivity contribution in [2.45, 2.75) is 156 Å². The molecule has 0 aromatic heterocycles. The summed E-state index contributed by atoms with van der Waals surface area (Å²) in [6.45, 7) is 26.0. The molecule has 0 saturated heterocycles. The number of aromatic hydroxyl groups is 2. The summed E-state index contributed by atoms with van der Waals surface area (Å²) in [4.78, 5) is 25.4. The SMILES string of the molecule is CC(C)(C)c1cc(CCC(=O)OCC2CCC(COC(=O)CCc3cc(C(C)(C)C)c(O)c(C(C)(C)C)c3)CC2)cc(C(C)(C)C)c1O. The number of aryl methyl sites for hydroxylation is 2. The summed E-state index contributed by atoms with van der Waals surface area (Å²) >= 11 is 0. The van der Waals surface area contributed by atoms with E-state index in [2.05, 4.69) is 83.1 Å². The highest BCUT2D eigenvalue weighted by molar-refractivity contribution is 5.70. The Kier molecular flexibility index (Phi) is 12.5. The van der Waals surface area contributed by atoms with Crippen molar-refractivity contribution in [2.24, 2.45) is 11.8 Å². The maximum absolute atomic E-state index is 12.7. The van der Waals surface area contributed by atoms with E-state index in [1.54, 1.807) is 0 Å². The first-order chi connectivity index (χ1) is 22.0. The number of rotatable bonds is 10. The summed E-state index contributed by atoms with van der Waals surface area (Å²) in [6, 6.07) is 8.13. The highest BCUT2D eigenvalue weighted by atomic mass is 16.5. The van der Waals surface area contributed by atoms with E-state index in [0.717, 1.165) is 59.1 Å². The number of carbonyl (C=O) groups excluding carboxylic acids is 2. The van der Waals surface area contributed by atoms with E-state index < -0.39 is 0 Å². The topological polar surface area (TPSA) is 93.1 Å². The van der Waals surface area contributed by atoms with Gasteiger partial charge in [-0.3, -0.25) is 9.59 Å². The van der Waals surface area contributed by atoms with Crippen molar-refractivity contribution >= 4 is 11.9 Å². The maximum atomic E-state index is 12.7. The minimum absolute atomic E-state index is 0.188. The summed E-state index contributed by atoms with van der Waals surface area (Å²) in [5, 5.41) is 22.0.